The first kappa shape index (κ1) is 26.8. The van der Waals surface area contributed by atoms with Crippen molar-refractivity contribution in [2.24, 2.45) is 5.41 Å². The molecule has 1 aliphatic rings. The SMILES string of the molecule is CC(C)(C)OC(=O)N1CC(C)(C(O)(c2cncc(-c3noc(C(C)(C)O)n3)c2)c2ccc3ccccc3c2)C1. The monoisotopic (exact) mass is 530 g/mol. The molecule has 0 saturated carbocycles. The Morgan fingerprint density at radius 1 is 0.974 bits per heavy atom. The maximum absolute atomic E-state index is 12.8. The van der Waals surface area contributed by atoms with Gasteiger partial charge in [-0.2, -0.15) is 4.98 Å². The highest BCUT2D eigenvalue weighted by Crippen LogP contribution is 2.51. The molecular weight excluding hydrogens is 496 g/mol. The maximum atomic E-state index is 12.8. The fourth-order valence-corrected chi connectivity index (χ4v) is 5.11. The average Bonchev–Trinajstić information content (AvgIpc) is 3.36. The van der Waals surface area contributed by atoms with Crippen molar-refractivity contribution < 1.29 is 24.3 Å². The second-order valence-corrected chi connectivity index (χ2v) is 12.1. The van der Waals surface area contributed by atoms with Crippen LogP contribution in [-0.2, 0) is 15.9 Å². The lowest BCUT2D eigenvalue weighted by molar-refractivity contribution is -0.131. The van der Waals surface area contributed by atoms with E-state index in [2.05, 4.69) is 15.1 Å². The van der Waals surface area contributed by atoms with Gasteiger partial charge in [0.15, 0.2) is 0 Å². The summed E-state index contributed by atoms with van der Waals surface area (Å²) in [4.78, 5) is 23.1. The maximum Gasteiger partial charge on any atom is 0.410 e. The van der Waals surface area contributed by atoms with Crippen molar-refractivity contribution in [1.29, 1.82) is 0 Å². The number of carbonyl (C=O) groups excluding carboxylic acids is 1. The fraction of sp³-hybridized carbons (Fsp3) is 0.400. The highest BCUT2D eigenvalue weighted by molar-refractivity contribution is 5.83. The fourth-order valence-electron chi connectivity index (χ4n) is 5.11. The van der Waals surface area contributed by atoms with Crippen LogP contribution in [0.3, 0.4) is 0 Å². The molecule has 39 heavy (non-hydrogen) atoms. The largest absolute Gasteiger partial charge is 0.444 e. The Hall–Kier alpha value is -3.82. The van der Waals surface area contributed by atoms with Crippen LogP contribution in [0.15, 0.2) is 65.4 Å². The third-order valence-corrected chi connectivity index (χ3v) is 7.14. The Kier molecular flexibility index (Phi) is 6.27. The topological polar surface area (TPSA) is 122 Å². The molecule has 9 heteroatoms. The van der Waals surface area contributed by atoms with Gasteiger partial charge in [0.2, 0.25) is 5.82 Å². The highest BCUT2D eigenvalue weighted by Gasteiger charge is 2.58. The molecule has 1 unspecified atom stereocenters. The first-order chi connectivity index (χ1) is 18.2. The normalized spacial score (nSPS) is 17.0. The van der Waals surface area contributed by atoms with Crippen LogP contribution in [0.5, 0.6) is 0 Å². The lowest BCUT2D eigenvalue weighted by Gasteiger charge is -2.56. The van der Waals surface area contributed by atoms with Gasteiger partial charge in [-0.1, -0.05) is 48.5 Å². The number of aliphatic hydroxyl groups is 2. The molecule has 0 bridgehead atoms. The molecule has 9 nitrogen and oxygen atoms in total. The van der Waals surface area contributed by atoms with Crippen LogP contribution in [0.1, 0.15) is 58.6 Å². The number of aromatic nitrogens is 3. The number of carbonyl (C=O) groups is 1. The van der Waals surface area contributed by atoms with Crippen molar-refractivity contribution in [1.82, 2.24) is 20.0 Å². The van der Waals surface area contributed by atoms with E-state index in [1.165, 1.54) is 0 Å². The Morgan fingerprint density at radius 2 is 1.67 bits per heavy atom. The van der Waals surface area contributed by atoms with Gasteiger partial charge >= 0.3 is 6.09 Å². The number of rotatable bonds is 5. The molecule has 4 aromatic rings. The molecule has 2 aromatic heterocycles. The minimum absolute atomic E-state index is 0.0756. The smallest absolute Gasteiger partial charge is 0.410 e. The summed E-state index contributed by atoms with van der Waals surface area (Å²) in [6.07, 6.45) is 2.79. The molecule has 1 atom stereocenters. The Balaban J connectivity index is 1.58. The summed E-state index contributed by atoms with van der Waals surface area (Å²) in [6, 6.07) is 15.6. The zero-order valence-electron chi connectivity index (χ0n) is 23.1. The Bertz CT molecular complexity index is 1530. The summed E-state index contributed by atoms with van der Waals surface area (Å²) in [5.74, 6) is 0.322. The highest BCUT2D eigenvalue weighted by atomic mass is 16.6. The second kappa shape index (κ2) is 9.14. The van der Waals surface area contributed by atoms with E-state index in [9.17, 15) is 15.0 Å². The molecule has 5 rings (SSSR count). The van der Waals surface area contributed by atoms with Gasteiger partial charge in [0.05, 0.1) is 0 Å². The summed E-state index contributed by atoms with van der Waals surface area (Å²) in [7, 11) is 0. The van der Waals surface area contributed by atoms with Crippen molar-refractivity contribution in [3.05, 3.63) is 77.9 Å². The van der Waals surface area contributed by atoms with Crippen LogP contribution < -0.4 is 0 Å². The van der Waals surface area contributed by atoms with Gasteiger partial charge in [0.1, 0.15) is 16.8 Å². The van der Waals surface area contributed by atoms with E-state index in [-0.39, 0.29) is 24.8 Å². The van der Waals surface area contributed by atoms with E-state index < -0.39 is 28.3 Å². The average molecular weight is 531 g/mol. The van der Waals surface area contributed by atoms with Crippen LogP contribution >= 0.6 is 0 Å². The summed E-state index contributed by atoms with van der Waals surface area (Å²) >= 11 is 0. The minimum Gasteiger partial charge on any atom is -0.444 e. The number of pyridine rings is 1. The lowest BCUT2D eigenvalue weighted by atomic mass is 9.62. The van der Waals surface area contributed by atoms with Crippen molar-refractivity contribution >= 4 is 16.9 Å². The summed E-state index contributed by atoms with van der Waals surface area (Å²) in [5.41, 5.74) is -2.48. The zero-order valence-corrected chi connectivity index (χ0v) is 23.1. The second-order valence-electron chi connectivity index (χ2n) is 12.1. The van der Waals surface area contributed by atoms with Crippen LogP contribution in [0.2, 0.25) is 0 Å². The Morgan fingerprint density at radius 3 is 2.31 bits per heavy atom. The zero-order chi connectivity index (χ0) is 28.2. The molecule has 0 aliphatic carbocycles. The third kappa shape index (κ3) is 4.88. The van der Waals surface area contributed by atoms with Gasteiger partial charge in [0, 0.05) is 42.0 Å². The molecule has 1 aliphatic heterocycles. The van der Waals surface area contributed by atoms with Crippen molar-refractivity contribution in [3.8, 4) is 11.4 Å². The van der Waals surface area contributed by atoms with E-state index in [1.54, 1.807) is 37.2 Å². The number of hydrogen-bond donors (Lipinski definition) is 2. The standard InChI is InChI=1S/C30H34N4O5/c1-27(2,3)38-26(35)34-17-29(6,18-34)30(37,22-12-11-19-9-7-8-10-20(19)13-22)23-14-21(15-31-16-23)24-32-25(39-33-24)28(4,5)36/h7-16,36-37H,17-18H2,1-6H3. The number of ether oxygens (including phenoxy) is 1. The molecule has 0 radical (unpaired) electrons. The van der Waals surface area contributed by atoms with Gasteiger partial charge in [-0.25, -0.2) is 4.79 Å². The number of benzene rings is 2. The third-order valence-electron chi connectivity index (χ3n) is 7.14. The summed E-state index contributed by atoms with van der Waals surface area (Å²) < 4.78 is 10.8. The minimum atomic E-state index is -1.53. The van der Waals surface area contributed by atoms with Crippen LogP contribution in [0.4, 0.5) is 4.79 Å². The van der Waals surface area contributed by atoms with Gasteiger partial charge in [-0.3, -0.25) is 4.98 Å². The summed E-state index contributed by atoms with van der Waals surface area (Å²) in [6.45, 7) is 11.1. The number of nitrogens with zero attached hydrogens (tertiary/aromatic N) is 4. The van der Waals surface area contributed by atoms with Crippen molar-refractivity contribution in [2.45, 2.75) is 58.3 Å². The van der Waals surface area contributed by atoms with Gasteiger partial charge in [-0.15, -0.1) is 0 Å². The predicted molar refractivity (Wildman–Crippen MR) is 146 cm³/mol. The molecule has 204 valence electrons. The Labute approximate surface area is 227 Å². The van der Waals surface area contributed by atoms with E-state index in [1.807, 2.05) is 70.2 Å². The van der Waals surface area contributed by atoms with E-state index >= 15 is 0 Å². The van der Waals surface area contributed by atoms with Gasteiger partial charge in [0.25, 0.3) is 5.89 Å². The molecule has 0 spiro atoms. The predicted octanol–water partition coefficient (Wildman–Crippen LogP) is 5.01. The lowest BCUT2D eigenvalue weighted by Crippen LogP contribution is -2.66. The van der Waals surface area contributed by atoms with Crippen molar-refractivity contribution in [3.63, 3.8) is 0 Å². The number of amides is 1. The van der Waals surface area contributed by atoms with E-state index in [4.69, 9.17) is 9.26 Å². The number of hydrogen-bond acceptors (Lipinski definition) is 8. The molecule has 1 amide bonds. The molecular formula is C30H34N4O5. The van der Waals surface area contributed by atoms with Gasteiger partial charge < -0.3 is 24.4 Å². The van der Waals surface area contributed by atoms with Gasteiger partial charge in [-0.05, 0) is 63.1 Å². The molecule has 2 aromatic carbocycles. The molecule has 1 fully saturated rings. The van der Waals surface area contributed by atoms with E-state index in [0.717, 1.165) is 10.8 Å². The first-order valence-corrected chi connectivity index (χ1v) is 12.9. The molecule has 2 N–H and O–H groups in total. The number of likely N-dealkylation sites (tertiary alicyclic amines) is 1. The first-order valence-electron chi connectivity index (χ1n) is 12.9. The molecule has 1 saturated heterocycles. The van der Waals surface area contributed by atoms with Crippen LogP contribution in [-0.4, -0.2) is 55.0 Å². The van der Waals surface area contributed by atoms with Crippen LogP contribution in [0.25, 0.3) is 22.2 Å². The van der Waals surface area contributed by atoms with E-state index in [0.29, 0.717) is 16.7 Å². The van der Waals surface area contributed by atoms with Crippen molar-refractivity contribution in [2.75, 3.05) is 13.1 Å². The number of fused-ring (bicyclic) bond motifs is 1. The molecule has 3 heterocycles. The quantitative estimate of drug-likeness (QED) is 0.370. The summed E-state index contributed by atoms with van der Waals surface area (Å²) in [5, 5.41) is 29.0. The van der Waals surface area contributed by atoms with Crippen LogP contribution in [0, 0.1) is 5.41 Å².